The minimum absolute atomic E-state index is 0.0228. The van der Waals surface area contributed by atoms with E-state index in [9.17, 15) is 13.2 Å². The third-order valence-electron chi connectivity index (χ3n) is 6.53. The van der Waals surface area contributed by atoms with E-state index in [1.54, 1.807) is 36.3 Å². The first-order valence-electron chi connectivity index (χ1n) is 10.8. The van der Waals surface area contributed by atoms with Crippen molar-refractivity contribution in [2.75, 3.05) is 43.0 Å². The molecule has 31 heavy (non-hydrogen) atoms. The Labute approximate surface area is 183 Å². The second-order valence-corrected chi connectivity index (χ2v) is 10.2. The fourth-order valence-electron chi connectivity index (χ4n) is 4.80. The molecule has 3 heterocycles. The van der Waals surface area contributed by atoms with E-state index in [-0.39, 0.29) is 10.8 Å². The maximum absolute atomic E-state index is 13.4. The van der Waals surface area contributed by atoms with Crippen LogP contribution in [0.2, 0.25) is 0 Å². The minimum atomic E-state index is -3.64. The summed E-state index contributed by atoms with van der Waals surface area (Å²) in [5.74, 6) is 0.844. The molecule has 5 rings (SSSR count). The number of hydrogen-bond donors (Lipinski definition) is 0. The lowest BCUT2D eigenvalue weighted by atomic mass is 10.00. The number of carbonyl (C=O) groups excluding carboxylic acids is 1. The first-order valence-corrected chi connectivity index (χ1v) is 12.2. The quantitative estimate of drug-likeness (QED) is 0.689. The SMILES string of the molecule is CN1C(=O)C(=C2CCCC2)c2cc(S(=O)(=O)N3CCN(c4ccccn4)CC3)ccc21. The number of allylic oxidation sites excluding steroid dienone is 1. The van der Waals surface area contributed by atoms with Crippen LogP contribution in [0.5, 0.6) is 0 Å². The average Bonchev–Trinajstić information content (AvgIpc) is 3.41. The lowest BCUT2D eigenvalue weighted by Crippen LogP contribution is -2.48. The van der Waals surface area contributed by atoms with Crippen molar-refractivity contribution < 1.29 is 13.2 Å². The highest BCUT2D eigenvalue weighted by Gasteiger charge is 2.35. The second-order valence-electron chi connectivity index (χ2n) is 8.31. The molecule has 3 aliphatic rings. The van der Waals surface area contributed by atoms with E-state index >= 15 is 0 Å². The third kappa shape index (κ3) is 3.43. The summed E-state index contributed by atoms with van der Waals surface area (Å²) in [7, 11) is -1.88. The number of carbonyl (C=O) groups is 1. The Hall–Kier alpha value is -2.71. The smallest absolute Gasteiger partial charge is 0.258 e. The summed E-state index contributed by atoms with van der Waals surface area (Å²) >= 11 is 0. The van der Waals surface area contributed by atoms with Crippen LogP contribution in [0.3, 0.4) is 0 Å². The van der Waals surface area contributed by atoms with Gasteiger partial charge in [-0.2, -0.15) is 4.31 Å². The van der Waals surface area contributed by atoms with Gasteiger partial charge in [-0.1, -0.05) is 11.6 Å². The van der Waals surface area contributed by atoms with Gasteiger partial charge in [-0.05, 0) is 56.0 Å². The minimum Gasteiger partial charge on any atom is -0.354 e. The van der Waals surface area contributed by atoms with E-state index in [0.29, 0.717) is 31.8 Å². The van der Waals surface area contributed by atoms with Crippen molar-refractivity contribution in [2.45, 2.75) is 30.6 Å². The first kappa shape index (κ1) is 20.2. The summed E-state index contributed by atoms with van der Waals surface area (Å²) in [6.07, 6.45) is 5.76. The van der Waals surface area contributed by atoms with Crippen molar-refractivity contribution in [3.8, 4) is 0 Å². The van der Waals surface area contributed by atoms with E-state index < -0.39 is 10.0 Å². The predicted octanol–water partition coefficient (Wildman–Crippen LogP) is 2.90. The van der Waals surface area contributed by atoms with Crippen LogP contribution < -0.4 is 9.80 Å². The molecule has 1 aromatic heterocycles. The van der Waals surface area contributed by atoms with Gasteiger partial charge in [0.1, 0.15) is 5.82 Å². The van der Waals surface area contributed by atoms with Gasteiger partial charge in [-0.15, -0.1) is 0 Å². The van der Waals surface area contributed by atoms with Gasteiger partial charge in [0.2, 0.25) is 10.0 Å². The Morgan fingerprint density at radius 1 is 0.968 bits per heavy atom. The van der Waals surface area contributed by atoms with Crippen LogP contribution in [-0.2, 0) is 14.8 Å². The largest absolute Gasteiger partial charge is 0.354 e. The maximum atomic E-state index is 13.4. The first-order chi connectivity index (χ1) is 15.0. The van der Waals surface area contributed by atoms with Crippen LogP contribution in [0, 0.1) is 0 Å². The summed E-state index contributed by atoms with van der Waals surface area (Å²) in [4.78, 5) is 21.2. The normalized spacial score (nSPS) is 20.0. The zero-order valence-corrected chi connectivity index (χ0v) is 18.4. The number of pyridine rings is 1. The van der Waals surface area contributed by atoms with Crippen molar-refractivity contribution >= 4 is 33.0 Å². The number of hydrogen-bond acceptors (Lipinski definition) is 5. The van der Waals surface area contributed by atoms with Crippen LogP contribution in [-0.4, -0.2) is 56.8 Å². The van der Waals surface area contributed by atoms with Crippen LogP contribution in [0.25, 0.3) is 5.57 Å². The second kappa shape index (κ2) is 7.76. The number of fused-ring (bicyclic) bond motifs is 1. The fourth-order valence-corrected chi connectivity index (χ4v) is 6.25. The van der Waals surface area contributed by atoms with Crippen molar-refractivity contribution in [3.63, 3.8) is 0 Å². The van der Waals surface area contributed by atoms with Gasteiger partial charge < -0.3 is 9.80 Å². The number of piperazine rings is 1. The zero-order valence-electron chi connectivity index (χ0n) is 17.6. The van der Waals surface area contributed by atoms with E-state index in [4.69, 9.17) is 0 Å². The predicted molar refractivity (Wildman–Crippen MR) is 120 cm³/mol. The molecule has 2 fully saturated rings. The van der Waals surface area contributed by atoms with Crippen LogP contribution in [0.1, 0.15) is 31.2 Å². The molecule has 7 nitrogen and oxygen atoms in total. The summed E-state index contributed by atoms with van der Waals surface area (Å²) in [6.45, 7) is 2.00. The van der Waals surface area contributed by atoms with Gasteiger partial charge in [0, 0.05) is 50.6 Å². The lowest BCUT2D eigenvalue weighted by molar-refractivity contribution is -0.112. The third-order valence-corrected chi connectivity index (χ3v) is 8.42. The Kier molecular flexibility index (Phi) is 5.06. The van der Waals surface area contributed by atoms with Gasteiger partial charge in [-0.3, -0.25) is 4.79 Å². The van der Waals surface area contributed by atoms with E-state index in [1.165, 1.54) is 4.31 Å². The van der Waals surface area contributed by atoms with Crippen molar-refractivity contribution in [3.05, 3.63) is 53.7 Å². The number of anilines is 2. The zero-order chi connectivity index (χ0) is 21.6. The van der Waals surface area contributed by atoms with Crippen molar-refractivity contribution in [2.24, 2.45) is 0 Å². The molecule has 8 heteroatoms. The monoisotopic (exact) mass is 438 g/mol. The molecule has 0 radical (unpaired) electrons. The van der Waals surface area contributed by atoms with Crippen LogP contribution >= 0.6 is 0 Å². The number of rotatable bonds is 3. The molecular weight excluding hydrogens is 412 g/mol. The number of likely N-dealkylation sites (N-methyl/N-ethyl adjacent to an activating group) is 1. The van der Waals surface area contributed by atoms with Crippen LogP contribution in [0.4, 0.5) is 11.5 Å². The fraction of sp³-hybridized carbons (Fsp3) is 0.391. The molecule has 162 valence electrons. The molecule has 0 unspecified atom stereocenters. The molecule has 1 aliphatic carbocycles. The number of aromatic nitrogens is 1. The molecule has 1 amide bonds. The summed E-state index contributed by atoms with van der Waals surface area (Å²) < 4.78 is 28.3. The van der Waals surface area contributed by atoms with E-state index in [2.05, 4.69) is 9.88 Å². The number of benzene rings is 1. The Morgan fingerprint density at radius 2 is 1.71 bits per heavy atom. The van der Waals surface area contributed by atoms with Gasteiger partial charge >= 0.3 is 0 Å². The van der Waals surface area contributed by atoms with Gasteiger partial charge in [-0.25, -0.2) is 13.4 Å². The molecular formula is C23H26N4O3S. The van der Waals surface area contributed by atoms with Crippen LogP contribution in [0.15, 0.2) is 53.1 Å². The highest BCUT2D eigenvalue weighted by molar-refractivity contribution is 7.89. The molecule has 0 N–H and O–H groups in total. The van der Waals surface area contributed by atoms with Gasteiger partial charge in [0.15, 0.2) is 0 Å². The molecule has 1 saturated heterocycles. The standard InChI is InChI=1S/C23H26N4O3S/c1-25-20-10-9-18(16-19(20)22(23(25)28)17-6-2-3-7-17)31(29,30)27-14-12-26(13-15-27)21-8-4-5-11-24-21/h4-5,8-11,16H,2-3,6-7,12-15H2,1H3. The van der Waals surface area contributed by atoms with Gasteiger partial charge in [0.05, 0.1) is 10.6 Å². The highest BCUT2D eigenvalue weighted by Crippen LogP contribution is 2.42. The Bertz CT molecular complexity index is 1140. The molecule has 1 aromatic carbocycles. The molecule has 1 saturated carbocycles. The summed E-state index contributed by atoms with van der Waals surface area (Å²) in [5.41, 5.74) is 3.43. The topological polar surface area (TPSA) is 73.8 Å². The van der Waals surface area contributed by atoms with E-state index in [0.717, 1.165) is 48.3 Å². The summed E-state index contributed by atoms with van der Waals surface area (Å²) in [5, 5.41) is 0. The number of nitrogens with zero attached hydrogens (tertiary/aromatic N) is 4. The lowest BCUT2D eigenvalue weighted by Gasteiger charge is -2.34. The Balaban J connectivity index is 1.42. The number of amides is 1. The molecule has 0 bridgehead atoms. The Morgan fingerprint density at radius 3 is 2.39 bits per heavy atom. The maximum Gasteiger partial charge on any atom is 0.258 e. The van der Waals surface area contributed by atoms with Crippen molar-refractivity contribution in [1.29, 1.82) is 0 Å². The average molecular weight is 439 g/mol. The van der Waals surface area contributed by atoms with Gasteiger partial charge in [0.25, 0.3) is 5.91 Å². The highest BCUT2D eigenvalue weighted by atomic mass is 32.2. The van der Waals surface area contributed by atoms with Crippen molar-refractivity contribution in [1.82, 2.24) is 9.29 Å². The number of sulfonamides is 1. The molecule has 0 spiro atoms. The molecule has 0 atom stereocenters. The molecule has 2 aliphatic heterocycles. The summed E-state index contributed by atoms with van der Waals surface area (Å²) in [6, 6.07) is 10.9. The molecule has 2 aromatic rings. The van der Waals surface area contributed by atoms with E-state index in [1.807, 2.05) is 18.2 Å².